The van der Waals surface area contributed by atoms with Crippen LogP contribution in [0.2, 0.25) is 0 Å². The minimum absolute atomic E-state index is 0.000393. The van der Waals surface area contributed by atoms with Crippen LogP contribution in [0.1, 0.15) is 335 Å². The van der Waals surface area contributed by atoms with Gasteiger partial charge in [-0.3, -0.25) is 9.36 Å². The molecule has 0 heterocycles. The standard InChI is InChI=1S/C71H135N2O6P/c1-6-8-10-12-14-16-18-20-22-24-26-28-29-30-31-32-33-34-35-36-37-38-39-40-41-42-43-45-47-49-51-53-55-57-59-61-63-65-71(75)72-69(68-79-80(76,77)78-67-66-73(3,4)5)70(74)64-62-60-58-56-54-52-50-48-46-44-27-25-23-21-19-17-15-13-11-9-7-2/h8,10,14,16,20,22,26,28,62,64,69-70,74H,6-7,9,11-13,15,17-19,21,23-25,27,29-61,63,65-68H2,1-5H3,(H-,72,75,76,77)/b10-8-,16-14-,22-20-,28-26-,64-62+. The number of rotatable bonds is 64. The molecule has 0 saturated carbocycles. The quantitative estimate of drug-likeness (QED) is 0.0272. The van der Waals surface area contributed by atoms with E-state index in [1.807, 2.05) is 27.2 Å². The van der Waals surface area contributed by atoms with Gasteiger partial charge in [0.25, 0.3) is 7.82 Å². The minimum Gasteiger partial charge on any atom is -0.756 e. The van der Waals surface area contributed by atoms with Crippen LogP contribution in [0, 0.1) is 0 Å². The predicted octanol–water partition coefficient (Wildman–Crippen LogP) is 21.4. The van der Waals surface area contributed by atoms with Crippen LogP contribution in [0.25, 0.3) is 0 Å². The fourth-order valence-electron chi connectivity index (χ4n) is 10.4. The first-order valence-corrected chi connectivity index (χ1v) is 36.1. The van der Waals surface area contributed by atoms with Crippen LogP contribution in [-0.2, 0) is 18.4 Å². The number of unbranched alkanes of at least 4 members (excludes halogenated alkanes) is 43. The molecule has 470 valence electrons. The molecule has 0 fully saturated rings. The van der Waals surface area contributed by atoms with Crippen LogP contribution >= 0.6 is 7.82 Å². The van der Waals surface area contributed by atoms with Crippen LogP contribution in [0.4, 0.5) is 0 Å². The largest absolute Gasteiger partial charge is 0.756 e. The summed E-state index contributed by atoms with van der Waals surface area (Å²) >= 11 is 0. The molecule has 3 unspecified atom stereocenters. The number of carbonyl (C=O) groups is 1. The van der Waals surface area contributed by atoms with Crippen molar-refractivity contribution in [1.29, 1.82) is 0 Å². The number of aliphatic hydroxyl groups is 1. The zero-order valence-corrected chi connectivity index (χ0v) is 54.7. The maximum Gasteiger partial charge on any atom is 0.268 e. The lowest BCUT2D eigenvalue weighted by Gasteiger charge is -2.29. The third-order valence-electron chi connectivity index (χ3n) is 15.7. The summed E-state index contributed by atoms with van der Waals surface area (Å²) in [6.07, 6.45) is 84.9. The molecule has 9 heteroatoms. The lowest BCUT2D eigenvalue weighted by atomic mass is 10.0. The smallest absolute Gasteiger partial charge is 0.268 e. The highest BCUT2D eigenvalue weighted by atomic mass is 31.2. The van der Waals surface area contributed by atoms with Gasteiger partial charge >= 0.3 is 0 Å². The molecule has 0 aliphatic heterocycles. The number of phosphoric ester groups is 1. The number of likely N-dealkylation sites (N-methyl/N-ethyl adjacent to an activating group) is 1. The van der Waals surface area contributed by atoms with Crippen molar-refractivity contribution >= 4 is 13.7 Å². The van der Waals surface area contributed by atoms with Gasteiger partial charge in [0.2, 0.25) is 5.91 Å². The first-order valence-electron chi connectivity index (χ1n) is 34.7. The van der Waals surface area contributed by atoms with Crippen molar-refractivity contribution in [1.82, 2.24) is 5.32 Å². The van der Waals surface area contributed by atoms with Gasteiger partial charge in [0, 0.05) is 6.42 Å². The zero-order chi connectivity index (χ0) is 58.4. The van der Waals surface area contributed by atoms with E-state index >= 15 is 0 Å². The Bertz CT molecular complexity index is 1490. The molecule has 80 heavy (non-hydrogen) atoms. The summed E-state index contributed by atoms with van der Waals surface area (Å²) in [5.74, 6) is -0.191. The van der Waals surface area contributed by atoms with Gasteiger partial charge in [-0.1, -0.05) is 331 Å². The number of amides is 1. The zero-order valence-electron chi connectivity index (χ0n) is 53.8. The molecule has 8 nitrogen and oxygen atoms in total. The van der Waals surface area contributed by atoms with Crippen molar-refractivity contribution < 1.29 is 32.9 Å². The van der Waals surface area contributed by atoms with E-state index in [-0.39, 0.29) is 19.1 Å². The number of nitrogens with one attached hydrogen (secondary N) is 1. The molecule has 0 radical (unpaired) electrons. The van der Waals surface area contributed by atoms with E-state index in [0.717, 1.165) is 64.2 Å². The molecule has 0 saturated heterocycles. The van der Waals surface area contributed by atoms with Crippen LogP contribution in [0.3, 0.4) is 0 Å². The second-order valence-electron chi connectivity index (χ2n) is 24.9. The van der Waals surface area contributed by atoms with E-state index in [0.29, 0.717) is 17.4 Å². The van der Waals surface area contributed by atoms with Gasteiger partial charge < -0.3 is 28.8 Å². The fourth-order valence-corrected chi connectivity index (χ4v) is 11.1. The van der Waals surface area contributed by atoms with Crippen LogP contribution in [0.5, 0.6) is 0 Å². The average Bonchev–Trinajstić information content (AvgIpc) is 3.42. The number of hydrogen-bond acceptors (Lipinski definition) is 6. The monoisotopic (exact) mass is 1140 g/mol. The van der Waals surface area contributed by atoms with E-state index < -0.39 is 20.0 Å². The van der Waals surface area contributed by atoms with Gasteiger partial charge in [-0.15, -0.1) is 0 Å². The van der Waals surface area contributed by atoms with Crippen molar-refractivity contribution in [3.05, 3.63) is 60.8 Å². The summed E-state index contributed by atoms with van der Waals surface area (Å²) in [7, 11) is 1.27. The lowest BCUT2D eigenvalue weighted by Crippen LogP contribution is -2.45. The number of nitrogens with zero attached hydrogens (tertiary/aromatic N) is 1. The molecule has 0 aromatic heterocycles. The van der Waals surface area contributed by atoms with Gasteiger partial charge in [0.15, 0.2) is 0 Å². The van der Waals surface area contributed by atoms with Gasteiger partial charge in [-0.2, -0.15) is 0 Å². The Morgan fingerprint density at radius 3 is 1.11 bits per heavy atom. The van der Waals surface area contributed by atoms with Crippen LogP contribution in [0.15, 0.2) is 60.8 Å². The average molecular weight is 1140 g/mol. The molecule has 2 N–H and O–H groups in total. The molecule has 0 aliphatic rings. The highest BCUT2D eigenvalue weighted by Crippen LogP contribution is 2.38. The van der Waals surface area contributed by atoms with Crippen molar-refractivity contribution in [2.24, 2.45) is 0 Å². The molecule has 0 spiro atoms. The number of allylic oxidation sites excluding steroid dienone is 9. The lowest BCUT2D eigenvalue weighted by molar-refractivity contribution is -0.870. The van der Waals surface area contributed by atoms with Crippen LogP contribution in [-0.4, -0.2) is 68.5 Å². The Morgan fingerprint density at radius 2 is 0.762 bits per heavy atom. The summed E-state index contributed by atoms with van der Waals surface area (Å²) < 4.78 is 23.4. The summed E-state index contributed by atoms with van der Waals surface area (Å²) in [4.78, 5) is 25.6. The Kier molecular flexibility index (Phi) is 60.4. The predicted molar refractivity (Wildman–Crippen MR) is 348 cm³/mol. The second-order valence-corrected chi connectivity index (χ2v) is 26.3. The fraction of sp³-hybridized carbons (Fsp3) is 0.845. The normalized spacial score (nSPS) is 14.0. The summed E-state index contributed by atoms with van der Waals surface area (Å²) in [5, 5.41) is 14.0. The maximum atomic E-state index is 13.0. The molecule has 1 amide bonds. The first kappa shape index (κ1) is 78.2. The van der Waals surface area contributed by atoms with Crippen molar-refractivity contribution in [3.8, 4) is 0 Å². The number of carbonyl (C=O) groups excluding carboxylic acids is 1. The molecule has 0 aliphatic carbocycles. The number of hydrogen-bond donors (Lipinski definition) is 2. The molecular formula is C71H135N2O6P. The van der Waals surface area contributed by atoms with Crippen molar-refractivity contribution in [3.63, 3.8) is 0 Å². The number of aliphatic hydroxyl groups excluding tert-OH is 1. The van der Waals surface area contributed by atoms with E-state index in [2.05, 4.69) is 67.8 Å². The van der Waals surface area contributed by atoms with Gasteiger partial charge in [0.1, 0.15) is 13.2 Å². The molecular weight excluding hydrogens is 1010 g/mol. The Labute approximate surface area is 498 Å². The van der Waals surface area contributed by atoms with Gasteiger partial charge in [-0.25, -0.2) is 0 Å². The highest BCUT2D eigenvalue weighted by Gasteiger charge is 2.23. The van der Waals surface area contributed by atoms with Crippen molar-refractivity contribution in [2.45, 2.75) is 347 Å². The second kappa shape index (κ2) is 61.8. The van der Waals surface area contributed by atoms with Crippen molar-refractivity contribution in [2.75, 3.05) is 40.9 Å². The van der Waals surface area contributed by atoms with Crippen LogP contribution < -0.4 is 10.2 Å². The summed E-state index contributed by atoms with van der Waals surface area (Å²) in [6, 6.07) is -0.887. The molecule has 3 atom stereocenters. The molecule has 0 aromatic rings. The molecule has 0 rings (SSSR count). The highest BCUT2D eigenvalue weighted by molar-refractivity contribution is 7.45. The van der Waals surface area contributed by atoms with E-state index in [1.165, 1.54) is 250 Å². The number of phosphoric acid groups is 1. The van der Waals surface area contributed by atoms with E-state index in [4.69, 9.17) is 9.05 Å². The summed E-state index contributed by atoms with van der Waals surface area (Å²) in [6.45, 7) is 4.58. The molecule has 0 aromatic carbocycles. The molecule has 0 bridgehead atoms. The number of quaternary nitrogens is 1. The third kappa shape index (κ3) is 63.8. The van der Waals surface area contributed by atoms with E-state index in [1.54, 1.807) is 6.08 Å². The SMILES string of the molecule is CC/C=C\C/C=C\C/C=C\C/C=C\CCCCCCCCCCCCCCCCCCCCCCCCCCC(=O)NC(COP(=O)([O-])OCC[N+](C)(C)C)C(O)/C=C/CCCCCCCCCCCCCCCCCCCCC. The third-order valence-corrected chi connectivity index (χ3v) is 16.7. The minimum atomic E-state index is -4.60. The topological polar surface area (TPSA) is 108 Å². The van der Waals surface area contributed by atoms with E-state index in [9.17, 15) is 19.4 Å². The Hall–Kier alpha value is -1.80. The Morgan fingerprint density at radius 1 is 0.450 bits per heavy atom. The maximum absolute atomic E-state index is 13.0. The first-order chi connectivity index (χ1) is 39.0. The van der Waals surface area contributed by atoms with Gasteiger partial charge in [0.05, 0.1) is 39.9 Å². The Balaban J connectivity index is 3.98. The van der Waals surface area contributed by atoms with Gasteiger partial charge in [-0.05, 0) is 57.8 Å². The summed E-state index contributed by atoms with van der Waals surface area (Å²) in [5.41, 5.74) is 0.